The Hall–Kier alpha value is -3.26. The number of carbonyl (C=O) groups excluding carboxylic acids is 1. The Morgan fingerprint density at radius 3 is 2.22 bits per heavy atom. The molecule has 0 bridgehead atoms. The lowest BCUT2D eigenvalue weighted by Gasteiger charge is -2.15. The number of carboxylic acid groups (broad SMARTS) is 1. The Balaban J connectivity index is 2.09. The Kier molecular flexibility index (Phi) is 5.00. The van der Waals surface area contributed by atoms with Gasteiger partial charge in [0.2, 0.25) is 0 Å². The number of hydrogen-bond acceptors (Lipinski definition) is 3. The summed E-state index contributed by atoms with van der Waals surface area (Å²) >= 11 is 0. The van der Waals surface area contributed by atoms with Crippen LogP contribution in [0.2, 0.25) is 0 Å². The van der Waals surface area contributed by atoms with E-state index in [0.29, 0.717) is 16.7 Å². The summed E-state index contributed by atoms with van der Waals surface area (Å²) in [5.41, 5.74) is 1.52. The van der Waals surface area contributed by atoms with Crippen molar-refractivity contribution in [2.24, 2.45) is 0 Å². The molecular formula is C18H14NO4. The highest BCUT2D eigenvalue weighted by Gasteiger charge is 2.21. The zero-order chi connectivity index (χ0) is 16.8. The molecule has 2 aromatic carbocycles. The van der Waals surface area contributed by atoms with Crippen LogP contribution in [-0.2, 0) is 11.2 Å². The van der Waals surface area contributed by atoms with E-state index in [1.807, 2.05) is 0 Å². The first-order valence-corrected chi connectivity index (χ1v) is 6.84. The van der Waals surface area contributed by atoms with Crippen LogP contribution < -0.4 is 5.32 Å². The first kappa shape index (κ1) is 16.1. The van der Waals surface area contributed by atoms with Crippen LogP contribution in [-0.4, -0.2) is 28.1 Å². The zero-order valence-electron chi connectivity index (χ0n) is 12.1. The van der Waals surface area contributed by atoms with E-state index in [-0.39, 0.29) is 12.2 Å². The molecule has 0 aliphatic carbocycles. The van der Waals surface area contributed by atoms with Gasteiger partial charge in [-0.3, -0.25) is 4.79 Å². The maximum absolute atomic E-state index is 12.1. The van der Waals surface area contributed by atoms with Gasteiger partial charge in [0.05, 0.1) is 0 Å². The number of phenolic OH excluding ortho intramolecular Hbond substituents is 1. The number of nitrogens with one attached hydrogen (secondary N) is 1. The second-order valence-corrected chi connectivity index (χ2v) is 4.94. The van der Waals surface area contributed by atoms with E-state index in [9.17, 15) is 19.8 Å². The molecule has 1 unspecified atom stereocenters. The van der Waals surface area contributed by atoms with Gasteiger partial charge in [-0.25, -0.2) is 4.79 Å². The average molecular weight is 308 g/mol. The van der Waals surface area contributed by atoms with Crippen molar-refractivity contribution in [3.05, 3.63) is 71.6 Å². The molecule has 0 spiro atoms. The summed E-state index contributed by atoms with van der Waals surface area (Å²) < 4.78 is 0. The van der Waals surface area contributed by atoms with Crippen LogP contribution in [0, 0.1) is 12.3 Å². The number of rotatable bonds is 5. The lowest BCUT2D eigenvalue weighted by molar-refractivity contribution is -0.139. The predicted octanol–water partition coefficient (Wildman–Crippen LogP) is 1.76. The quantitative estimate of drug-likeness (QED) is 0.735. The summed E-state index contributed by atoms with van der Waals surface area (Å²) in [5.74, 6) is 0.634. The average Bonchev–Trinajstić information content (AvgIpc) is 2.56. The van der Waals surface area contributed by atoms with Gasteiger partial charge >= 0.3 is 5.97 Å². The fourth-order valence-electron chi connectivity index (χ4n) is 2.01. The Bertz CT molecular complexity index is 742. The largest absolute Gasteiger partial charge is 0.508 e. The third-order valence-corrected chi connectivity index (χ3v) is 3.27. The van der Waals surface area contributed by atoms with Crippen molar-refractivity contribution in [1.82, 2.24) is 5.32 Å². The fraction of sp³-hybridized carbons (Fsp3) is 0.111. The lowest BCUT2D eigenvalue weighted by Crippen LogP contribution is -2.42. The number of amides is 1. The molecule has 1 atom stereocenters. The first-order valence-electron chi connectivity index (χ1n) is 6.84. The zero-order valence-corrected chi connectivity index (χ0v) is 12.1. The number of aromatic hydroxyl groups is 1. The van der Waals surface area contributed by atoms with E-state index < -0.39 is 17.9 Å². The maximum atomic E-state index is 12.1. The third kappa shape index (κ3) is 4.35. The molecule has 1 radical (unpaired) electrons. The molecule has 2 aromatic rings. The molecule has 23 heavy (non-hydrogen) atoms. The number of aliphatic carboxylic acids is 1. The minimum Gasteiger partial charge on any atom is -0.508 e. The van der Waals surface area contributed by atoms with Gasteiger partial charge in [0.25, 0.3) is 5.91 Å². The molecule has 115 valence electrons. The first-order chi connectivity index (χ1) is 11.0. The van der Waals surface area contributed by atoms with Crippen molar-refractivity contribution in [3.8, 4) is 11.7 Å². The van der Waals surface area contributed by atoms with Gasteiger partial charge in [-0.1, -0.05) is 18.1 Å². The molecule has 5 heteroatoms. The Morgan fingerprint density at radius 2 is 1.70 bits per heavy atom. The minimum atomic E-state index is -1.14. The van der Waals surface area contributed by atoms with Crippen molar-refractivity contribution in [1.29, 1.82) is 0 Å². The maximum Gasteiger partial charge on any atom is 0.326 e. The summed E-state index contributed by atoms with van der Waals surface area (Å²) in [4.78, 5) is 23.5. The summed E-state index contributed by atoms with van der Waals surface area (Å²) in [6.07, 6.45) is 7.09. The van der Waals surface area contributed by atoms with E-state index in [4.69, 9.17) is 6.42 Å². The highest BCUT2D eigenvalue weighted by atomic mass is 16.4. The molecule has 3 N–H and O–H groups in total. The van der Waals surface area contributed by atoms with Crippen LogP contribution >= 0.6 is 0 Å². The highest BCUT2D eigenvalue weighted by molar-refractivity contribution is 5.96. The van der Waals surface area contributed by atoms with Crippen LogP contribution in [0.4, 0.5) is 0 Å². The molecule has 0 aromatic heterocycles. The van der Waals surface area contributed by atoms with Gasteiger partial charge in [-0.2, -0.15) is 0 Å². The number of benzene rings is 2. The molecule has 0 fully saturated rings. The molecule has 0 heterocycles. The van der Waals surface area contributed by atoms with Crippen molar-refractivity contribution in [2.75, 3.05) is 0 Å². The van der Waals surface area contributed by atoms with Crippen LogP contribution in [0.3, 0.4) is 0 Å². The SMILES string of the molecule is [C]#Cc1ccc(C(=O)NC(Cc2ccc(O)cc2)C(=O)O)cc1. The van der Waals surface area contributed by atoms with Crippen LogP contribution in [0.1, 0.15) is 21.5 Å². The number of carbonyl (C=O) groups is 2. The summed E-state index contributed by atoms with van der Waals surface area (Å²) in [7, 11) is 0. The predicted molar refractivity (Wildman–Crippen MR) is 83.4 cm³/mol. The third-order valence-electron chi connectivity index (χ3n) is 3.27. The molecule has 0 saturated carbocycles. The summed E-state index contributed by atoms with van der Waals surface area (Å²) in [5, 5.41) is 21.0. The van der Waals surface area contributed by atoms with Crippen LogP contribution in [0.25, 0.3) is 0 Å². The normalized spacial score (nSPS) is 11.3. The van der Waals surface area contributed by atoms with E-state index in [1.54, 1.807) is 24.3 Å². The van der Waals surface area contributed by atoms with Crippen molar-refractivity contribution < 1.29 is 19.8 Å². The highest BCUT2D eigenvalue weighted by Crippen LogP contribution is 2.12. The van der Waals surface area contributed by atoms with Crippen molar-refractivity contribution in [2.45, 2.75) is 12.5 Å². The fourth-order valence-corrected chi connectivity index (χ4v) is 2.01. The van der Waals surface area contributed by atoms with E-state index in [0.717, 1.165) is 0 Å². The second-order valence-electron chi connectivity index (χ2n) is 4.94. The van der Waals surface area contributed by atoms with Gasteiger partial charge in [0, 0.05) is 17.5 Å². The summed E-state index contributed by atoms with van der Waals surface area (Å²) in [6.45, 7) is 0. The van der Waals surface area contributed by atoms with Crippen molar-refractivity contribution >= 4 is 11.9 Å². The van der Waals surface area contributed by atoms with Gasteiger partial charge in [-0.15, -0.1) is 0 Å². The van der Waals surface area contributed by atoms with E-state index in [2.05, 4.69) is 11.2 Å². The van der Waals surface area contributed by atoms with Crippen LogP contribution in [0.5, 0.6) is 5.75 Å². The molecule has 5 nitrogen and oxygen atoms in total. The molecule has 0 saturated heterocycles. The standard InChI is InChI=1S/C18H14NO4/c1-2-12-3-7-14(8-4-12)17(21)19-16(18(22)23)11-13-5-9-15(20)10-6-13/h3-10,16,20H,11H2,(H,19,21)(H,22,23). The van der Waals surface area contributed by atoms with Gasteiger partial charge < -0.3 is 15.5 Å². The van der Waals surface area contributed by atoms with Crippen molar-refractivity contribution in [3.63, 3.8) is 0 Å². The monoisotopic (exact) mass is 308 g/mol. The Morgan fingerprint density at radius 1 is 1.09 bits per heavy atom. The minimum absolute atomic E-state index is 0.0905. The molecular weight excluding hydrogens is 294 g/mol. The van der Waals surface area contributed by atoms with Gasteiger partial charge in [0.15, 0.2) is 0 Å². The Labute approximate surface area is 133 Å². The lowest BCUT2D eigenvalue weighted by atomic mass is 10.0. The smallest absolute Gasteiger partial charge is 0.326 e. The number of carboxylic acids is 1. The van der Waals surface area contributed by atoms with E-state index >= 15 is 0 Å². The topological polar surface area (TPSA) is 86.6 Å². The molecule has 0 aliphatic rings. The number of hydrogen-bond donors (Lipinski definition) is 3. The molecule has 2 rings (SSSR count). The van der Waals surface area contributed by atoms with E-state index in [1.165, 1.54) is 24.3 Å². The van der Waals surface area contributed by atoms with Gasteiger partial charge in [0.1, 0.15) is 11.8 Å². The molecule has 1 amide bonds. The second kappa shape index (κ2) is 7.14. The van der Waals surface area contributed by atoms with Crippen LogP contribution in [0.15, 0.2) is 48.5 Å². The number of phenols is 1. The molecule has 0 aliphatic heterocycles. The summed E-state index contributed by atoms with van der Waals surface area (Å²) in [6, 6.07) is 11.2. The van der Waals surface area contributed by atoms with Gasteiger partial charge in [-0.05, 0) is 48.4 Å².